The average Bonchev–Trinajstić information content (AvgIpc) is 2.40. The van der Waals surface area contributed by atoms with Crippen molar-refractivity contribution in [2.24, 2.45) is 0 Å². The van der Waals surface area contributed by atoms with E-state index in [1.807, 2.05) is 11.8 Å². The van der Waals surface area contributed by atoms with Crippen molar-refractivity contribution in [2.75, 3.05) is 18.6 Å². The largest absolute Gasteiger partial charge is 0.504 e. The Morgan fingerprint density at radius 2 is 1.89 bits per heavy atom. The minimum Gasteiger partial charge on any atom is -0.504 e. The van der Waals surface area contributed by atoms with E-state index < -0.39 is 0 Å². The lowest BCUT2D eigenvalue weighted by molar-refractivity contribution is 0.0952. The van der Waals surface area contributed by atoms with Crippen LogP contribution in [0.4, 0.5) is 0 Å². The fourth-order valence-electron chi connectivity index (χ4n) is 1.69. The van der Waals surface area contributed by atoms with E-state index in [0.717, 1.165) is 12.8 Å². The molecule has 0 radical (unpaired) electrons. The highest BCUT2D eigenvalue weighted by atomic mass is 32.2. The van der Waals surface area contributed by atoms with Gasteiger partial charge in [-0.1, -0.05) is 12.8 Å². The molecule has 5 heteroatoms. The van der Waals surface area contributed by atoms with E-state index in [1.54, 1.807) is 0 Å². The molecule has 0 unspecified atom stereocenters. The summed E-state index contributed by atoms with van der Waals surface area (Å²) >= 11 is 1.86. The van der Waals surface area contributed by atoms with Crippen molar-refractivity contribution in [1.29, 1.82) is 0 Å². The van der Waals surface area contributed by atoms with Gasteiger partial charge in [0.15, 0.2) is 11.5 Å². The molecule has 4 nitrogen and oxygen atoms in total. The molecule has 0 fully saturated rings. The maximum atomic E-state index is 11.7. The molecule has 19 heavy (non-hydrogen) atoms. The number of phenolic OH excluding ortho intramolecular Hbond substituents is 2. The summed E-state index contributed by atoms with van der Waals surface area (Å²) in [7, 11) is 0. The zero-order chi connectivity index (χ0) is 14.1. The summed E-state index contributed by atoms with van der Waals surface area (Å²) in [5.74, 6) is 0.480. The molecule has 0 heterocycles. The van der Waals surface area contributed by atoms with Crippen LogP contribution in [0, 0.1) is 0 Å². The third-order valence-corrected chi connectivity index (χ3v) is 3.50. The number of thioether (sulfide) groups is 1. The standard InChI is InChI=1S/C14H21NO3S/c1-19-9-5-3-2-4-8-15-14(18)11-6-7-12(16)13(17)10-11/h6-7,10,16-17H,2-5,8-9H2,1H3,(H,15,18). The van der Waals surface area contributed by atoms with Crippen molar-refractivity contribution in [3.63, 3.8) is 0 Å². The lowest BCUT2D eigenvalue weighted by atomic mass is 10.1. The average molecular weight is 283 g/mol. The normalized spacial score (nSPS) is 10.4. The van der Waals surface area contributed by atoms with Crippen molar-refractivity contribution in [1.82, 2.24) is 5.32 Å². The van der Waals surface area contributed by atoms with Crippen LogP contribution in [0.5, 0.6) is 11.5 Å². The number of unbranched alkanes of at least 4 members (excludes halogenated alkanes) is 3. The lowest BCUT2D eigenvalue weighted by Gasteiger charge is -2.06. The zero-order valence-corrected chi connectivity index (χ0v) is 12.0. The van der Waals surface area contributed by atoms with E-state index in [0.29, 0.717) is 12.1 Å². The molecular formula is C14H21NO3S. The minimum atomic E-state index is -0.273. The molecule has 0 aliphatic carbocycles. The van der Waals surface area contributed by atoms with E-state index in [4.69, 9.17) is 5.11 Å². The van der Waals surface area contributed by atoms with Gasteiger partial charge >= 0.3 is 0 Å². The first-order chi connectivity index (χ1) is 9.15. The van der Waals surface area contributed by atoms with Crippen LogP contribution < -0.4 is 5.32 Å². The van der Waals surface area contributed by atoms with Gasteiger partial charge < -0.3 is 15.5 Å². The van der Waals surface area contributed by atoms with Crippen LogP contribution in [0.25, 0.3) is 0 Å². The Morgan fingerprint density at radius 1 is 1.16 bits per heavy atom. The molecule has 0 saturated carbocycles. The Hall–Kier alpha value is -1.36. The summed E-state index contributed by atoms with van der Waals surface area (Å²) in [4.78, 5) is 11.7. The topological polar surface area (TPSA) is 69.6 Å². The molecule has 0 aromatic heterocycles. The molecule has 0 bridgehead atoms. The Kier molecular flexibility index (Phi) is 7.18. The number of phenols is 2. The van der Waals surface area contributed by atoms with Crippen molar-refractivity contribution in [3.05, 3.63) is 23.8 Å². The second-order valence-corrected chi connectivity index (χ2v) is 5.35. The quantitative estimate of drug-likeness (QED) is 0.507. The third-order valence-electron chi connectivity index (χ3n) is 2.80. The lowest BCUT2D eigenvalue weighted by Crippen LogP contribution is -2.24. The predicted molar refractivity (Wildman–Crippen MR) is 79.0 cm³/mol. The maximum Gasteiger partial charge on any atom is 0.251 e. The number of nitrogens with one attached hydrogen (secondary N) is 1. The van der Waals surface area contributed by atoms with Crippen LogP contribution in [0.3, 0.4) is 0 Å². The van der Waals surface area contributed by atoms with Gasteiger partial charge in [-0.25, -0.2) is 0 Å². The van der Waals surface area contributed by atoms with E-state index in [-0.39, 0.29) is 17.4 Å². The highest BCUT2D eigenvalue weighted by molar-refractivity contribution is 7.98. The highest BCUT2D eigenvalue weighted by Crippen LogP contribution is 2.24. The molecule has 0 spiro atoms. The van der Waals surface area contributed by atoms with Gasteiger partial charge in [0.05, 0.1) is 0 Å². The van der Waals surface area contributed by atoms with E-state index in [9.17, 15) is 9.90 Å². The molecule has 106 valence electrons. The van der Waals surface area contributed by atoms with E-state index >= 15 is 0 Å². The third kappa shape index (κ3) is 5.87. The number of benzene rings is 1. The minimum absolute atomic E-state index is 0.217. The molecule has 0 aliphatic rings. The summed E-state index contributed by atoms with van der Waals surface area (Å²) in [6.45, 7) is 0.639. The molecular weight excluding hydrogens is 262 g/mol. The Bertz CT molecular complexity index is 410. The zero-order valence-electron chi connectivity index (χ0n) is 11.2. The van der Waals surface area contributed by atoms with E-state index in [1.165, 1.54) is 36.8 Å². The molecule has 0 saturated heterocycles. The van der Waals surface area contributed by atoms with Gasteiger partial charge in [-0.15, -0.1) is 0 Å². The number of carbonyl (C=O) groups is 1. The number of aromatic hydroxyl groups is 2. The van der Waals surface area contributed by atoms with Crippen molar-refractivity contribution in [2.45, 2.75) is 25.7 Å². The van der Waals surface area contributed by atoms with Crippen LogP contribution >= 0.6 is 11.8 Å². The summed E-state index contributed by atoms with van der Waals surface area (Å²) in [6.07, 6.45) is 6.59. The molecule has 1 aromatic rings. The van der Waals surface area contributed by atoms with Gasteiger partial charge in [-0.2, -0.15) is 11.8 Å². The summed E-state index contributed by atoms with van der Waals surface area (Å²) in [5, 5.41) is 21.3. The molecule has 0 atom stereocenters. The summed E-state index contributed by atoms with van der Waals surface area (Å²) < 4.78 is 0. The van der Waals surface area contributed by atoms with Crippen molar-refractivity contribution in [3.8, 4) is 11.5 Å². The van der Waals surface area contributed by atoms with Gasteiger partial charge in [0.1, 0.15) is 0 Å². The SMILES string of the molecule is CSCCCCCCNC(=O)c1ccc(O)c(O)c1. The van der Waals surface area contributed by atoms with Crippen molar-refractivity contribution < 1.29 is 15.0 Å². The van der Waals surface area contributed by atoms with Crippen LogP contribution in [-0.4, -0.2) is 34.7 Å². The molecule has 1 amide bonds. The number of carbonyl (C=O) groups excluding carboxylic acids is 1. The van der Waals surface area contributed by atoms with Gasteiger partial charge in [-0.3, -0.25) is 4.79 Å². The first-order valence-corrected chi connectivity index (χ1v) is 7.83. The van der Waals surface area contributed by atoms with Crippen LogP contribution in [0.1, 0.15) is 36.0 Å². The second-order valence-electron chi connectivity index (χ2n) is 4.37. The predicted octanol–water partition coefficient (Wildman–Crippen LogP) is 2.75. The Labute approximate surface area is 118 Å². The molecule has 0 aliphatic heterocycles. The second kappa shape index (κ2) is 8.69. The molecule has 1 aromatic carbocycles. The van der Waals surface area contributed by atoms with Gasteiger partial charge in [0.2, 0.25) is 0 Å². The smallest absolute Gasteiger partial charge is 0.251 e. The molecule has 3 N–H and O–H groups in total. The van der Waals surface area contributed by atoms with E-state index in [2.05, 4.69) is 11.6 Å². The first kappa shape index (κ1) is 15.7. The first-order valence-electron chi connectivity index (χ1n) is 6.44. The van der Waals surface area contributed by atoms with Crippen LogP contribution in [0.15, 0.2) is 18.2 Å². The Balaban J connectivity index is 2.22. The van der Waals surface area contributed by atoms with Crippen molar-refractivity contribution >= 4 is 17.7 Å². The molecule has 1 rings (SSSR count). The van der Waals surface area contributed by atoms with Crippen LogP contribution in [0.2, 0.25) is 0 Å². The van der Waals surface area contributed by atoms with Gasteiger partial charge in [-0.05, 0) is 43.0 Å². The fraction of sp³-hybridized carbons (Fsp3) is 0.500. The summed E-state index contributed by atoms with van der Waals surface area (Å²) in [5.41, 5.74) is 0.359. The summed E-state index contributed by atoms with van der Waals surface area (Å²) in [6, 6.07) is 4.07. The number of rotatable bonds is 8. The Morgan fingerprint density at radius 3 is 2.58 bits per heavy atom. The van der Waals surface area contributed by atoms with Crippen LogP contribution in [-0.2, 0) is 0 Å². The maximum absolute atomic E-state index is 11.7. The fourth-order valence-corrected chi connectivity index (χ4v) is 2.19. The van der Waals surface area contributed by atoms with Gasteiger partial charge in [0, 0.05) is 12.1 Å². The monoisotopic (exact) mass is 283 g/mol. The highest BCUT2D eigenvalue weighted by Gasteiger charge is 2.07. The number of hydrogen-bond acceptors (Lipinski definition) is 4. The number of hydrogen-bond donors (Lipinski definition) is 3. The van der Waals surface area contributed by atoms with Gasteiger partial charge in [0.25, 0.3) is 5.91 Å². The number of amides is 1.